The van der Waals surface area contributed by atoms with E-state index < -0.39 is 5.91 Å². The molecule has 0 aliphatic carbocycles. The number of aromatic nitrogens is 2. The molecule has 0 bridgehead atoms. The van der Waals surface area contributed by atoms with E-state index in [4.69, 9.17) is 0 Å². The van der Waals surface area contributed by atoms with E-state index in [1.807, 2.05) is 81.4 Å². The molecule has 0 saturated carbocycles. The van der Waals surface area contributed by atoms with E-state index in [1.165, 1.54) is 4.57 Å². The normalized spacial score (nSPS) is 10.9. The fourth-order valence-corrected chi connectivity index (χ4v) is 3.26. The number of hydrogen-bond acceptors (Lipinski definition) is 3. The van der Waals surface area contributed by atoms with Gasteiger partial charge >= 0.3 is 0 Å². The van der Waals surface area contributed by atoms with Crippen molar-refractivity contribution in [2.45, 2.75) is 20.8 Å². The van der Waals surface area contributed by atoms with Crippen LogP contribution in [0.5, 0.6) is 0 Å². The highest BCUT2D eigenvalue weighted by atomic mass is 16.2. The lowest BCUT2D eigenvalue weighted by molar-refractivity contribution is 0.101. The summed E-state index contributed by atoms with van der Waals surface area (Å²) >= 11 is 0. The fraction of sp³-hybridized carbons (Fsp3) is 0.125. The number of carbonyl (C=O) groups is 1. The van der Waals surface area contributed by atoms with E-state index in [9.17, 15) is 9.59 Å². The Morgan fingerprint density at radius 3 is 2.14 bits per heavy atom. The van der Waals surface area contributed by atoms with Gasteiger partial charge in [-0.05, 0) is 56.7 Å². The Kier molecular flexibility index (Phi) is 4.72. The zero-order chi connectivity index (χ0) is 20.5. The molecule has 0 fully saturated rings. The van der Waals surface area contributed by atoms with Crippen LogP contribution < -0.4 is 10.9 Å². The van der Waals surface area contributed by atoms with Crippen LogP contribution in [0.2, 0.25) is 0 Å². The van der Waals surface area contributed by atoms with Gasteiger partial charge in [-0.1, -0.05) is 47.5 Å². The van der Waals surface area contributed by atoms with Crippen LogP contribution in [0.1, 0.15) is 27.3 Å². The lowest BCUT2D eigenvalue weighted by atomic mass is 10.1. The van der Waals surface area contributed by atoms with E-state index in [0.29, 0.717) is 22.3 Å². The number of fused-ring (bicyclic) bond motifs is 1. The molecule has 4 rings (SSSR count). The molecule has 4 aromatic rings. The third-order valence-corrected chi connectivity index (χ3v) is 4.91. The molecule has 0 radical (unpaired) electrons. The maximum absolute atomic E-state index is 13.3. The van der Waals surface area contributed by atoms with Crippen molar-refractivity contribution in [3.63, 3.8) is 0 Å². The number of rotatable bonds is 3. The van der Waals surface area contributed by atoms with Crippen molar-refractivity contribution in [1.29, 1.82) is 0 Å². The van der Waals surface area contributed by atoms with Crippen molar-refractivity contribution in [3.8, 4) is 5.69 Å². The Hall–Kier alpha value is -3.73. The second-order valence-corrected chi connectivity index (χ2v) is 7.20. The number of amides is 1. The lowest BCUT2D eigenvalue weighted by Crippen LogP contribution is -2.29. The third kappa shape index (κ3) is 3.55. The molecule has 1 aromatic heterocycles. The third-order valence-electron chi connectivity index (χ3n) is 4.91. The van der Waals surface area contributed by atoms with E-state index >= 15 is 0 Å². The van der Waals surface area contributed by atoms with Crippen LogP contribution in [0.3, 0.4) is 0 Å². The van der Waals surface area contributed by atoms with Crippen LogP contribution in [0.25, 0.3) is 16.6 Å². The largest absolute Gasteiger partial charge is 0.319 e. The van der Waals surface area contributed by atoms with Gasteiger partial charge in [-0.25, -0.2) is 4.98 Å². The minimum atomic E-state index is -0.434. The number of para-hydroxylation sites is 1. The van der Waals surface area contributed by atoms with Gasteiger partial charge in [0.1, 0.15) is 0 Å². The first-order valence-corrected chi connectivity index (χ1v) is 9.41. The van der Waals surface area contributed by atoms with Crippen molar-refractivity contribution in [2.75, 3.05) is 5.32 Å². The molecule has 0 saturated heterocycles. The van der Waals surface area contributed by atoms with Crippen molar-refractivity contribution < 1.29 is 4.79 Å². The maximum atomic E-state index is 13.3. The first kappa shape index (κ1) is 18.6. The molecule has 144 valence electrons. The van der Waals surface area contributed by atoms with Crippen LogP contribution in [0, 0.1) is 20.8 Å². The fourth-order valence-electron chi connectivity index (χ4n) is 3.26. The van der Waals surface area contributed by atoms with Gasteiger partial charge in [-0.2, -0.15) is 0 Å². The van der Waals surface area contributed by atoms with Crippen LogP contribution >= 0.6 is 0 Å². The Morgan fingerprint density at radius 1 is 0.862 bits per heavy atom. The van der Waals surface area contributed by atoms with Gasteiger partial charge in [0.25, 0.3) is 11.5 Å². The number of carbonyl (C=O) groups excluding carboxylic acids is 1. The predicted octanol–water partition coefficient (Wildman–Crippen LogP) is 4.56. The molecular weight excluding hydrogens is 362 g/mol. The average molecular weight is 383 g/mol. The van der Waals surface area contributed by atoms with E-state index in [-0.39, 0.29) is 11.4 Å². The molecule has 29 heavy (non-hydrogen) atoms. The number of aryl methyl sites for hydroxylation is 3. The molecule has 0 aliphatic heterocycles. The number of anilines is 1. The van der Waals surface area contributed by atoms with Gasteiger partial charge in [0.05, 0.1) is 16.6 Å². The lowest BCUT2D eigenvalue weighted by Gasteiger charge is -2.14. The minimum Gasteiger partial charge on any atom is -0.319 e. The zero-order valence-electron chi connectivity index (χ0n) is 16.6. The number of benzene rings is 3. The molecule has 0 atom stereocenters. The molecule has 3 aromatic carbocycles. The number of hydrogen-bond donors (Lipinski definition) is 1. The predicted molar refractivity (Wildman–Crippen MR) is 116 cm³/mol. The summed E-state index contributed by atoms with van der Waals surface area (Å²) in [6.45, 7) is 5.83. The van der Waals surface area contributed by atoms with Crippen molar-refractivity contribution in [2.24, 2.45) is 0 Å². The summed E-state index contributed by atoms with van der Waals surface area (Å²) in [5, 5.41) is 3.34. The van der Waals surface area contributed by atoms with Gasteiger partial charge < -0.3 is 5.32 Å². The van der Waals surface area contributed by atoms with E-state index in [2.05, 4.69) is 10.3 Å². The molecule has 5 heteroatoms. The second kappa shape index (κ2) is 7.36. The van der Waals surface area contributed by atoms with Crippen molar-refractivity contribution in [3.05, 3.63) is 99.6 Å². The average Bonchev–Trinajstić information content (AvgIpc) is 2.71. The first-order valence-electron chi connectivity index (χ1n) is 9.41. The summed E-state index contributed by atoms with van der Waals surface area (Å²) in [6, 6.07) is 20.4. The second-order valence-electron chi connectivity index (χ2n) is 7.20. The van der Waals surface area contributed by atoms with Crippen LogP contribution in [-0.4, -0.2) is 15.5 Å². The first-order chi connectivity index (χ1) is 13.9. The van der Waals surface area contributed by atoms with Gasteiger partial charge in [-0.3, -0.25) is 14.2 Å². The van der Waals surface area contributed by atoms with E-state index in [0.717, 1.165) is 16.7 Å². The number of nitrogens with one attached hydrogen (secondary N) is 1. The molecule has 0 aliphatic rings. The van der Waals surface area contributed by atoms with Gasteiger partial charge in [-0.15, -0.1) is 0 Å². The Morgan fingerprint density at radius 2 is 1.48 bits per heavy atom. The highest BCUT2D eigenvalue weighted by Crippen LogP contribution is 2.18. The Balaban J connectivity index is 1.92. The Bertz CT molecular complexity index is 1270. The summed E-state index contributed by atoms with van der Waals surface area (Å²) in [4.78, 5) is 31.1. The van der Waals surface area contributed by atoms with Crippen LogP contribution in [-0.2, 0) is 0 Å². The van der Waals surface area contributed by atoms with Crippen LogP contribution in [0.15, 0.2) is 71.5 Å². The summed E-state index contributed by atoms with van der Waals surface area (Å²) in [6.07, 6.45) is 0. The highest BCUT2D eigenvalue weighted by molar-refractivity contribution is 6.03. The van der Waals surface area contributed by atoms with Crippen molar-refractivity contribution in [1.82, 2.24) is 9.55 Å². The van der Waals surface area contributed by atoms with Gasteiger partial charge in [0.15, 0.2) is 0 Å². The van der Waals surface area contributed by atoms with E-state index in [1.54, 1.807) is 6.07 Å². The molecule has 1 heterocycles. The van der Waals surface area contributed by atoms with Gasteiger partial charge in [0.2, 0.25) is 5.82 Å². The Labute approximate surface area is 168 Å². The molecule has 1 amide bonds. The molecular formula is C24H21N3O2. The standard InChI is InChI=1S/C24H21N3O2/c1-15-7-11-18(12-8-15)25-23(28)22-26-21-17(3)5-4-6-20(21)24(29)27(22)19-13-9-16(2)10-14-19/h4-14H,1-3H3,(H,25,28). The zero-order valence-corrected chi connectivity index (χ0v) is 16.6. The monoisotopic (exact) mass is 383 g/mol. The molecule has 5 nitrogen and oxygen atoms in total. The molecule has 0 spiro atoms. The molecule has 0 unspecified atom stereocenters. The molecule has 1 N–H and O–H groups in total. The summed E-state index contributed by atoms with van der Waals surface area (Å²) in [7, 11) is 0. The SMILES string of the molecule is Cc1ccc(NC(=O)c2nc3c(C)cccc3c(=O)n2-c2ccc(C)cc2)cc1. The van der Waals surface area contributed by atoms with Gasteiger partial charge in [0, 0.05) is 5.69 Å². The van der Waals surface area contributed by atoms with Crippen LogP contribution in [0.4, 0.5) is 5.69 Å². The van der Waals surface area contributed by atoms with Crippen molar-refractivity contribution >= 4 is 22.5 Å². The quantitative estimate of drug-likeness (QED) is 0.564. The summed E-state index contributed by atoms with van der Waals surface area (Å²) in [5.74, 6) is -0.377. The number of nitrogens with zero attached hydrogens (tertiary/aromatic N) is 2. The topological polar surface area (TPSA) is 64.0 Å². The minimum absolute atomic E-state index is 0.0567. The highest BCUT2D eigenvalue weighted by Gasteiger charge is 2.19. The summed E-state index contributed by atoms with van der Waals surface area (Å²) in [5.41, 5.74) is 4.53. The smallest absolute Gasteiger partial charge is 0.292 e. The summed E-state index contributed by atoms with van der Waals surface area (Å²) < 4.78 is 1.38. The maximum Gasteiger partial charge on any atom is 0.292 e.